The number of nitrogens with one attached hydrogen (secondary N) is 2. The Bertz CT molecular complexity index is 471. The zero-order valence-electron chi connectivity index (χ0n) is 12.8. The number of amides is 1. The molecule has 0 radical (unpaired) electrons. The lowest BCUT2D eigenvalue weighted by molar-refractivity contribution is -0.121. The van der Waals surface area contributed by atoms with E-state index in [0.717, 1.165) is 36.4 Å². The Kier molecular flexibility index (Phi) is 5.87. The molecule has 0 aliphatic carbocycles. The van der Waals surface area contributed by atoms with Crippen LogP contribution in [0.2, 0.25) is 0 Å². The normalized spacial score (nSPS) is 17.5. The van der Waals surface area contributed by atoms with Gasteiger partial charge in [0.25, 0.3) is 0 Å². The van der Waals surface area contributed by atoms with Crippen LogP contribution in [-0.4, -0.2) is 38.8 Å². The van der Waals surface area contributed by atoms with Gasteiger partial charge in [-0.3, -0.25) is 4.79 Å². The molecule has 1 aliphatic rings. The number of hydrogen-bond donors (Lipinski definition) is 2. The van der Waals surface area contributed by atoms with E-state index in [1.807, 2.05) is 25.1 Å². The van der Waals surface area contributed by atoms with E-state index >= 15 is 0 Å². The predicted octanol–water partition coefficient (Wildman–Crippen LogP) is 2.10. The van der Waals surface area contributed by atoms with Gasteiger partial charge in [-0.05, 0) is 37.5 Å². The van der Waals surface area contributed by atoms with Gasteiger partial charge in [0.05, 0.1) is 18.9 Å². The van der Waals surface area contributed by atoms with Gasteiger partial charge >= 0.3 is 0 Å². The lowest BCUT2D eigenvalue weighted by Gasteiger charge is -2.13. The molecule has 1 heterocycles. The zero-order chi connectivity index (χ0) is 15.1. The highest BCUT2D eigenvalue weighted by atomic mass is 16.5. The van der Waals surface area contributed by atoms with Crippen LogP contribution in [0.3, 0.4) is 0 Å². The first-order valence-electron chi connectivity index (χ1n) is 7.46. The van der Waals surface area contributed by atoms with Gasteiger partial charge in [-0.1, -0.05) is 6.07 Å². The summed E-state index contributed by atoms with van der Waals surface area (Å²) in [4.78, 5) is 11.8. The van der Waals surface area contributed by atoms with Crippen molar-refractivity contribution in [2.75, 3.05) is 32.1 Å². The summed E-state index contributed by atoms with van der Waals surface area (Å²) < 4.78 is 10.8. The van der Waals surface area contributed by atoms with E-state index in [9.17, 15) is 4.79 Å². The number of benzene rings is 1. The van der Waals surface area contributed by atoms with Crippen molar-refractivity contribution in [2.45, 2.75) is 32.3 Å². The first-order valence-corrected chi connectivity index (χ1v) is 7.46. The number of aryl methyl sites for hydroxylation is 1. The summed E-state index contributed by atoms with van der Waals surface area (Å²) in [5, 5.41) is 6.16. The van der Waals surface area contributed by atoms with Crippen molar-refractivity contribution < 1.29 is 14.3 Å². The van der Waals surface area contributed by atoms with Crippen molar-refractivity contribution in [1.29, 1.82) is 0 Å². The third kappa shape index (κ3) is 4.93. The monoisotopic (exact) mass is 292 g/mol. The topological polar surface area (TPSA) is 59.6 Å². The van der Waals surface area contributed by atoms with Gasteiger partial charge in [0.15, 0.2) is 0 Å². The van der Waals surface area contributed by atoms with Crippen LogP contribution in [0.25, 0.3) is 0 Å². The number of carbonyl (C=O) groups excluding carboxylic acids is 1. The van der Waals surface area contributed by atoms with Crippen LogP contribution in [0.1, 0.15) is 24.8 Å². The van der Waals surface area contributed by atoms with E-state index < -0.39 is 0 Å². The van der Waals surface area contributed by atoms with Crippen molar-refractivity contribution in [3.8, 4) is 5.75 Å². The molecule has 1 aromatic carbocycles. The smallest absolute Gasteiger partial charge is 0.221 e. The number of hydrogen-bond acceptors (Lipinski definition) is 4. The standard InChI is InChI=1S/C16H24N2O3/c1-12-5-6-15(20-2)14(10-12)17-8-7-16(19)18-11-13-4-3-9-21-13/h5-6,10,13,17H,3-4,7-9,11H2,1-2H3,(H,18,19). The lowest BCUT2D eigenvalue weighted by atomic mass is 10.2. The third-order valence-electron chi connectivity index (χ3n) is 3.57. The minimum absolute atomic E-state index is 0.0459. The maximum atomic E-state index is 11.8. The molecule has 0 aromatic heterocycles. The lowest BCUT2D eigenvalue weighted by Crippen LogP contribution is -2.32. The van der Waals surface area contributed by atoms with Crippen LogP contribution < -0.4 is 15.4 Å². The fraction of sp³-hybridized carbons (Fsp3) is 0.562. The highest BCUT2D eigenvalue weighted by Crippen LogP contribution is 2.24. The number of methoxy groups -OCH3 is 1. The van der Waals surface area contributed by atoms with Crippen molar-refractivity contribution in [1.82, 2.24) is 5.32 Å². The second-order valence-electron chi connectivity index (χ2n) is 5.32. The molecule has 1 unspecified atom stereocenters. The Hall–Kier alpha value is -1.75. The van der Waals surface area contributed by atoms with Gasteiger partial charge in [0.2, 0.25) is 5.91 Å². The first-order chi connectivity index (χ1) is 10.2. The highest BCUT2D eigenvalue weighted by molar-refractivity contribution is 5.76. The van der Waals surface area contributed by atoms with E-state index in [-0.39, 0.29) is 12.0 Å². The molecular formula is C16H24N2O3. The van der Waals surface area contributed by atoms with E-state index in [4.69, 9.17) is 9.47 Å². The SMILES string of the molecule is COc1ccc(C)cc1NCCC(=O)NCC1CCCO1. The van der Waals surface area contributed by atoms with Crippen LogP contribution in [0, 0.1) is 6.92 Å². The fourth-order valence-electron chi connectivity index (χ4n) is 2.39. The largest absolute Gasteiger partial charge is 0.495 e. The van der Waals surface area contributed by atoms with Crippen molar-refractivity contribution in [3.05, 3.63) is 23.8 Å². The van der Waals surface area contributed by atoms with E-state index in [1.165, 1.54) is 0 Å². The summed E-state index contributed by atoms with van der Waals surface area (Å²) in [7, 11) is 1.64. The summed E-state index contributed by atoms with van der Waals surface area (Å²) in [6.07, 6.45) is 2.76. The van der Waals surface area contributed by atoms with Gasteiger partial charge < -0.3 is 20.1 Å². The van der Waals surface area contributed by atoms with E-state index in [1.54, 1.807) is 7.11 Å². The van der Waals surface area contributed by atoms with Crippen molar-refractivity contribution in [3.63, 3.8) is 0 Å². The van der Waals surface area contributed by atoms with Gasteiger partial charge in [0, 0.05) is 26.1 Å². The number of carbonyl (C=O) groups is 1. The summed E-state index contributed by atoms with van der Waals surface area (Å²) in [6, 6.07) is 5.94. The summed E-state index contributed by atoms with van der Waals surface area (Å²) in [6.45, 7) is 4.04. The maximum absolute atomic E-state index is 11.8. The Morgan fingerprint density at radius 2 is 2.33 bits per heavy atom. The van der Waals surface area contributed by atoms with Crippen LogP contribution in [-0.2, 0) is 9.53 Å². The molecule has 1 fully saturated rings. The Morgan fingerprint density at radius 1 is 1.48 bits per heavy atom. The molecule has 0 spiro atoms. The molecule has 1 aliphatic heterocycles. The summed E-state index contributed by atoms with van der Waals surface area (Å²) >= 11 is 0. The number of ether oxygens (including phenoxy) is 2. The van der Waals surface area contributed by atoms with Crippen LogP contribution in [0.5, 0.6) is 5.75 Å². The molecule has 1 aromatic rings. The van der Waals surface area contributed by atoms with Crippen LogP contribution in [0.4, 0.5) is 5.69 Å². The van der Waals surface area contributed by atoms with Gasteiger partial charge in [-0.2, -0.15) is 0 Å². The number of anilines is 1. The van der Waals surface area contributed by atoms with Crippen LogP contribution in [0.15, 0.2) is 18.2 Å². The maximum Gasteiger partial charge on any atom is 0.221 e. The molecule has 0 saturated carbocycles. The van der Waals surface area contributed by atoms with E-state index in [2.05, 4.69) is 10.6 Å². The molecule has 2 N–H and O–H groups in total. The van der Waals surface area contributed by atoms with Crippen LogP contribution >= 0.6 is 0 Å². The van der Waals surface area contributed by atoms with Crippen molar-refractivity contribution >= 4 is 11.6 Å². The molecule has 1 atom stereocenters. The average Bonchev–Trinajstić information content (AvgIpc) is 2.99. The third-order valence-corrected chi connectivity index (χ3v) is 3.57. The molecule has 1 saturated heterocycles. The van der Waals surface area contributed by atoms with Crippen molar-refractivity contribution in [2.24, 2.45) is 0 Å². The summed E-state index contributed by atoms with van der Waals surface area (Å²) in [5.74, 6) is 0.838. The highest BCUT2D eigenvalue weighted by Gasteiger charge is 2.15. The quantitative estimate of drug-likeness (QED) is 0.808. The zero-order valence-corrected chi connectivity index (χ0v) is 12.8. The Balaban J connectivity index is 1.70. The second kappa shape index (κ2) is 7.88. The molecule has 5 heteroatoms. The molecule has 21 heavy (non-hydrogen) atoms. The molecule has 0 bridgehead atoms. The Labute approximate surface area is 126 Å². The average molecular weight is 292 g/mol. The Morgan fingerprint density at radius 3 is 3.05 bits per heavy atom. The summed E-state index contributed by atoms with van der Waals surface area (Å²) in [5.41, 5.74) is 2.07. The predicted molar refractivity (Wildman–Crippen MR) is 82.8 cm³/mol. The molecular weight excluding hydrogens is 268 g/mol. The minimum atomic E-state index is 0.0459. The molecule has 1 amide bonds. The molecule has 5 nitrogen and oxygen atoms in total. The number of rotatable bonds is 7. The second-order valence-corrected chi connectivity index (χ2v) is 5.32. The molecule has 2 rings (SSSR count). The van der Waals surface area contributed by atoms with E-state index in [0.29, 0.717) is 19.5 Å². The van der Waals surface area contributed by atoms with Gasteiger partial charge in [-0.15, -0.1) is 0 Å². The fourth-order valence-corrected chi connectivity index (χ4v) is 2.39. The van der Waals surface area contributed by atoms with Gasteiger partial charge in [0.1, 0.15) is 5.75 Å². The van der Waals surface area contributed by atoms with Gasteiger partial charge in [-0.25, -0.2) is 0 Å². The first kappa shape index (κ1) is 15.6. The minimum Gasteiger partial charge on any atom is -0.495 e. The molecule has 116 valence electrons.